The van der Waals surface area contributed by atoms with E-state index in [1.54, 1.807) is 6.92 Å². The van der Waals surface area contributed by atoms with Gasteiger partial charge in [0.15, 0.2) is 5.78 Å². The van der Waals surface area contributed by atoms with Crippen molar-refractivity contribution in [2.75, 3.05) is 7.11 Å². The molecule has 0 bridgehead atoms. The lowest BCUT2D eigenvalue weighted by Crippen LogP contribution is -2.01. The van der Waals surface area contributed by atoms with Crippen molar-refractivity contribution >= 4 is 5.78 Å². The molecular weight excluding hydrogens is 156 g/mol. The number of aromatic nitrogens is 2. The fourth-order valence-electron chi connectivity index (χ4n) is 0.785. The third kappa shape index (κ3) is 1.78. The Bertz CT molecular complexity index is 286. The van der Waals surface area contributed by atoms with E-state index in [-0.39, 0.29) is 5.78 Å². The van der Waals surface area contributed by atoms with Crippen molar-refractivity contribution in [3.8, 4) is 5.88 Å². The van der Waals surface area contributed by atoms with Gasteiger partial charge in [-0.3, -0.25) is 4.79 Å². The van der Waals surface area contributed by atoms with Crippen LogP contribution < -0.4 is 4.74 Å². The Morgan fingerprint density at radius 3 is 2.92 bits per heavy atom. The molecule has 0 aliphatic heterocycles. The number of ketones is 1. The topological polar surface area (TPSA) is 52.1 Å². The largest absolute Gasteiger partial charge is 0.481 e. The van der Waals surface area contributed by atoms with Crippen molar-refractivity contribution in [2.45, 2.75) is 13.3 Å². The predicted octanol–water partition coefficient (Wildman–Crippen LogP) is 1.08. The Kier molecular flexibility index (Phi) is 2.74. The normalized spacial score (nSPS) is 9.50. The summed E-state index contributed by atoms with van der Waals surface area (Å²) in [5, 5.41) is 0. The zero-order valence-corrected chi connectivity index (χ0v) is 7.07. The highest BCUT2D eigenvalue weighted by molar-refractivity contribution is 5.94. The third-order valence-electron chi connectivity index (χ3n) is 1.46. The first-order valence-electron chi connectivity index (χ1n) is 3.67. The van der Waals surface area contributed by atoms with Gasteiger partial charge in [-0.05, 0) is 0 Å². The second kappa shape index (κ2) is 3.80. The van der Waals surface area contributed by atoms with E-state index >= 15 is 0 Å². The van der Waals surface area contributed by atoms with E-state index in [2.05, 4.69) is 9.97 Å². The summed E-state index contributed by atoms with van der Waals surface area (Å²) < 4.78 is 4.85. The average molecular weight is 166 g/mol. The van der Waals surface area contributed by atoms with Crippen LogP contribution >= 0.6 is 0 Å². The fraction of sp³-hybridized carbons (Fsp3) is 0.375. The van der Waals surface area contributed by atoms with Crippen molar-refractivity contribution < 1.29 is 9.53 Å². The molecule has 0 aliphatic rings. The van der Waals surface area contributed by atoms with Crippen LogP contribution in [0.25, 0.3) is 0 Å². The molecule has 1 rings (SSSR count). The Hall–Kier alpha value is -1.45. The van der Waals surface area contributed by atoms with Crippen LogP contribution in [0.15, 0.2) is 12.4 Å². The summed E-state index contributed by atoms with van der Waals surface area (Å²) in [5.41, 5.74) is 0.407. The maximum Gasteiger partial charge on any atom is 0.216 e. The van der Waals surface area contributed by atoms with Gasteiger partial charge in [0, 0.05) is 12.5 Å². The molecule has 0 fully saturated rings. The van der Waals surface area contributed by atoms with E-state index in [0.29, 0.717) is 18.0 Å². The molecule has 4 heteroatoms. The molecule has 0 spiro atoms. The Morgan fingerprint density at radius 2 is 2.33 bits per heavy atom. The summed E-state index contributed by atoms with van der Waals surface area (Å²) in [4.78, 5) is 18.7. The van der Waals surface area contributed by atoms with Gasteiger partial charge in [-0.15, -0.1) is 0 Å². The maximum absolute atomic E-state index is 11.1. The van der Waals surface area contributed by atoms with Crippen molar-refractivity contribution in [3.05, 3.63) is 18.1 Å². The SMILES string of the molecule is CCC(=O)c1cc(OC)ncn1. The third-order valence-corrected chi connectivity index (χ3v) is 1.46. The molecule has 1 heterocycles. The lowest BCUT2D eigenvalue weighted by atomic mass is 10.2. The molecule has 0 amide bonds. The smallest absolute Gasteiger partial charge is 0.216 e. The van der Waals surface area contributed by atoms with Gasteiger partial charge in [0.1, 0.15) is 12.0 Å². The summed E-state index contributed by atoms with van der Waals surface area (Å²) in [6.45, 7) is 1.79. The average Bonchev–Trinajstić information content (AvgIpc) is 2.17. The van der Waals surface area contributed by atoms with Crippen molar-refractivity contribution in [1.29, 1.82) is 0 Å². The van der Waals surface area contributed by atoms with Crippen molar-refractivity contribution in [3.63, 3.8) is 0 Å². The number of carbonyl (C=O) groups is 1. The zero-order chi connectivity index (χ0) is 8.97. The Balaban J connectivity index is 2.93. The maximum atomic E-state index is 11.1. The molecule has 0 aliphatic carbocycles. The molecule has 4 nitrogen and oxygen atoms in total. The standard InChI is InChI=1S/C8H10N2O2/c1-3-7(11)6-4-8(12-2)10-5-9-6/h4-5H,3H2,1-2H3. The molecule has 0 atom stereocenters. The van der Waals surface area contributed by atoms with E-state index in [0.717, 1.165) is 0 Å². The molecular formula is C8H10N2O2. The van der Waals surface area contributed by atoms with Crippen LogP contribution in [0.4, 0.5) is 0 Å². The van der Waals surface area contributed by atoms with Crippen LogP contribution in [0.2, 0.25) is 0 Å². The molecule has 12 heavy (non-hydrogen) atoms. The van der Waals surface area contributed by atoms with Crippen molar-refractivity contribution in [1.82, 2.24) is 9.97 Å². The Morgan fingerprint density at radius 1 is 1.58 bits per heavy atom. The summed E-state index contributed by atoms with van der Waals surface area (Å²) >= 11 is 0. The van der Waals surface area contributed by atoms with Crippen LogP contribution in [0, 0.1) is 0 Å². The molecule has 0 radical (unpaired) electrons. The number of methoxy groups -OCH3 is 1. The van der Waals surface area contributed by atoms with Crippen LogP contribution in [-0.2, 0) is 0 Å². The van der Waals surface area contributed by atoms with E-state index < -0.39 is 0 Å². The van der Waals surface area contributed by atoms with Gasteiger partial charge in [-0.25, -0.2) is 9.97 Å². The van der Waals surface area contributed by atoms with E-state index in [1.165, 1.54) is 19.5 Å². The quantitative estimate of drug-likeness (QED) is 0.630. The Labute approximate surface area is 70.6 Å². The first-order chi connectivity index (χ1) is 5.77. The van der Waals surface area contributed by atoms with E-state index in [9.17, 15) is 4.79 Å². The summed E-state index contributed by atoms with van der Waals surface area (Å²) in [5.74, 6) is 0.414. The first-order valence-corrected chi connectivity index (χ1v) is 3.67. The van der Waals surface area contributed by atoms with Crippen LogP contribution in [0.5, 0.6) is 5.88 Å². The van der Waals surface area contributed by atoms with Gasteiger partial charge in [-0.1, -0.05) is 6.92 Å². The minimum atomic E-state index is -0.00398. The van der Waals surface area contributed by atoms with Gasteiger partial charge >= 0.3 is 0 Å². The molecule has 0 aromatic carbocycles. The zero-order valence-electron chi connectivity index (χ0n) is 7.07. The number of rotatable bonds is 3. The van der Waals surface area contributed by atoms with Crippen LogP contribution in [0.3, 0.4) is 0 Å². The molecule has 1 aromatic heterocycles. The molecule has 0 saturated heterocycles. The minimum Gasteiger partial charge on any atom is -0.481 e. The lowest BCUT2D eigenvalue weighted by molar-refractivity contribution is 0.0982. The second-order valence-corrected chi connectivity index (χ2v) is 2.22. The number of carbonyl (C=O) groups excluding carboxylic acids is 1. The summed E-state index contributed by atoms with van der Waals surface area (Å²) in [7, 11) is 1.50. The summed E-state index contributed by atoms with van der Waals surface area (Å²) in [6, 6.07) is 1.53. The fourth-order valence-corrected chi connectivity index (χ4v) is 0.785. The van der Waals surface area contributed by atoms with Crippen LogP contribution in [0.1, 0.15) is 23.8 Å². The van der Waals surface area contributed by atoms with Crippen LogP contribution in [-0.4, -0.2) is 22.9 Å². The van der Waals surface area contributed by atoms with Gasteiger partial charge < -0.3 is 4.74 Å². The number of hydrogen-bond acceptors (Lipinski definition) is 4. The van der Waals surface area contributed by atoms with E-state index in [4.69, 9.17) is 4.74 Å². The number of hydrogen-bond donors (Lipinski definition) is 0. The van der Waals surface area contributed by atoms with Gasteiger partial charge in [0.2, 0.25) is 5.88 Å². The highest BCUT2D eigenvalue weighted by Crippen LogP contribution is 2.07. The molecule has 0 unspecified atom stereocenters. The lowest BCUT2D eigenvalue weighted by Gasteiger charge is -1.99. The summed E-state index contributed by atoms with van der Waals surface area (Å²) in [6.07, 6.45) is 1.77. The molecule has 0 saturated carbocycles. The molecule has 64 valence electrons. The van der Waals surface area contributed by atoms with Gasteiger partial charge in [-0.2, -0.15) is 0 Å². The molecule has 1 aromatic rings. The van der Waals surface area contributed by atoms with Gasteiger partial charge in [0.25, 0.3) is 0 Å². The number of Topliss-reactive ketones (excluding diaryl/α,β-unsaturated/α-hetero) is 1. The second-order valence-electron chi connectivity index (χ2n) is 2.22. The number of ether oxygens (including phenoxy) is 1. The molecule has 0 N–H and O–H groups in total. The van der Waals surface area contributed by atoms with E-state index in [1.807, 2.05) is 0 Å². The highest BCUT2D eigenvalue weighted by Gasteiger charge is 2.05. The minimum absolute atomic E-state index is 0.00398. The monoisotopic (exact) mass is 166 g/mol. The van der Waals surface area contributed by atoms with Crippen molar-refractivity contribution in [2.24, 2.45) is 0 Å². The highest BCUT2D eigenvalue weighted by atomic mass is 16.5. The van der Waals surface area contributed by atoms with Gasteiger partial charge in [0.05, 0.1) is 7.11 Å². The number of nitrogens with zero attached hydrogens (tertiary/aromatic N) is 2. The predicted molar refractivity (Wildman–Crippen MR) is 43.2 cm³/mol. The first kappa shape index (κ1) is 8.64.